The van der Waals surface area contributed by atoms with Gasteiger partial charge in [-0.05, 0) is 86.4 Å². The minimum absolute atomic E-state index is 0.000868. The third-order valence-corrected chi connectivity index (χ3v) is 6.73. The van der Waals surface area contributed by atoms with Crippen LogP contribution >= 0.6 is 0 Å². The minimum atomic E-state index is -0.000868. The number of allylic oxidation sites excluding steroid dienone is 3. The van der Waals surface area contributed by atoms with Crippen molar-refractivity contribution in [3.8, 4) is 0 Å². The van der Waals surface area contributed by atoms with Gasteiger partial charge in [0.1, 0.15) is 5.71 Å². The molecule has 4 N–H and O–H groups in total. The number of aliphatic hydroxyl groups excluding tert-OH is 1. The Balaban J connectivity index is 1.62. The molecule has 3 rings (SSSR count). The highest BCUT2D eigenvalue weighted by Gasteiger charge is 2.20. The molecule has 0 spiro atoms. The van der Waals surface area contributed by atoms with Crippen molar-refractivity contribution in [1.82, 2.24) is 0 Å². The molecule has 1 aliphatic rings. The lowest BCUT2D eigenvalue weighted by molar-refractivity contribution is -0.109. The maximum atomic E-state index is 13.1. The van der Waals surface area contributed by atoms with Gasteiger partial charge in [0.15, 0.2) is 0 Å². The molecule has 0 unspecified atom stereocenters. The second-order valence-corrected chi connectivity index (χ2v) is 10.1. The summed E-state index contributed by atoms with van der Waals surface area (Å²) in [6, 6.07) is 16.2. The number of carbonyl (C=O) groups is 1. The lowest BCUT2D eigenvalue weighted by Crippen LogP contribution is -2.20. The second kappa shape index (κ2) is 17.3. The van der Waals surface area contributed by atoms with Crippen LogP contribution in [-0.4, -0.2) is 36.3 Å². The smallest absolute Gasteiger partial charge is 0.207 e. The number of unbranched alkanes of at least 4 members (excludes halogenated alkanes) is 6. The molecule has 0 radical (unpaired) electrons. The van der Waals surface area contributed by atoms with E-state index in [4.69, 9.17) is 10.1 Å². The third kappa shape index (κ3) is 10.7. The van der Waals surface area contributed by atoms with Gasteiger partial charge in [-0.1, -0.05) is 52.4 Å². The molecule has 0 heterocycles. The Hall–Kier alpha value is -3.38. The average Bonchev–Trinajstić information content (AvgIpc) is 2.95. The van der Waals surface area contributed by atoms with Gasteiger partial charge in [0, 0.05) is 48.0 Å². The number of carbonyl (C=O) groups excluding carboxylic acids is 1. The van der Waals surface area contributed by atoms with Crippen LogP contribution in [0.5, 0.6) is 0 Å². The number of nitrogens with one attached hydrogen (secondary N) is 3. The Morgan fingerprint density at radius 2 is 1.28 bits per heavy atom. The number of aliphatic hydroxyl groups is 1. The number of hydrogen-bond donors (Lipinski definition) is 4. The molecule has 6 nitrogen and oxygen atoms in total. The van der Waals surface area contributed by atoms with E-state index < -0.39 is 0 Å². The van der Waals surface area contributed by atoms with E-state index in [2.05, 4.69) is 41.9 Å². The number of ketones is 1. The Morgan fingerprint density at radius 1 is 0.692 bits per heavy atom. The number of Topliss-reactive ketones (excluding diaryl/α,β-unsaturated/α-hetero) is 1. The van der Waals surface area contributed by atoms with E-state index in [1.807, 2.05) is 48.6 Å². The zero-order valence-electron chi connectivity index (χ0n) is 23.8. The van der Waals surface area contributed by atoms with Gasteiger partial charge >= 0.3 is 0 Å². The van der Waals surface area contributed by atoms with E-state index in [-0.39, 0.29) is 12.4 Å². The van der Waals surface area contributed by atoms with Gasteiger partial charge in [0.05, 0.1) is 5.69 Å². The predicted molar refractivity (Wildman–Crippen MR) is 166 cm³/mol. The predicted octanol–water partition coefficient (Wildman–Crippen LogP) is 8.02. The topological polar surface area (TPSA) is 85.8 Å². The van der Waals surface area contributed by atoms with Crippen molar-refractivity contribution in [2.75, 3.05) is 35.6 Å². The van der Waals surface area contributed by atoms with E-state index in [1.54, 1.807) is 0 Å². The highest BCUT2D eigenvalue weighted by Crippen LogP contribution is 2.24. The van der Waals surface area contributed by atoms with Crippen LogP contribution in [0, 0.1) is 0 Å². The van der Waals surface area contributed by atoms with Crippen LogP contribution in [0.3, 0.4) is 0 Å². The minimum Gasteiger partial charge on any atom is -0.396 e. The first-order valence-electron chi connectivity index (χ1n) is 14.7. The normalized spacial score (nSPS) is 14.2. The van der Waals surface area contributed by atoms with Crippen molar-refractivity contribution in [3.63, 3.8) is 0 Å². The van der Waals surface area contributed by atoms with Crippen LogP contribution in [0.15, 0.2) is 76.9 Å². The highest BCUT2D eigenvalue weighted by molar-refractivity contribution is 6.51. The van der Waals surface area contributed by atoms with Gasteiger partial charge in [-0.2, -0.15) is 0 Å². The van der Waals surface area contributed by atoms with Crippen molar-refractivity contribution in [3.05, 3.63) is 72.0 Å². The summed E-state index contributed by atoms with van der Waals surface area (Å²) in [6.45, 7) is 6.48. The molecule has 39 heavy (non-hydrogen) atoms. The van der Waals surface area contributed by atoms with Gasteiger partial charge in [0.25, 0.3) is 0 Å². The molecule has 2 aromatic carbocycles. The summed E-state index contributed by atoms with van der Waals surface area (Å²) in [5.74, 6) is -0.000868. The Kier molecular flexibility index (Phi) is 13.3. The standard InChI is InChI=1S/C33H46N4O2/c1-3-5-6-9-21-34-28-15-19-30(20-16-28)37-32-25-31(24-26(12-4-2)33(32)39)36-29-17-13-27(14-18-29)35-22-10-7-8-11-23-38/h13-20,24-25,34-36,38H,3-12,21-23H2,1-2H3. The van der Waals surface area contributed by atoms with E-state index >= 15 is 0 Å². The van der Waals surface area contributed by atoms with Crippen LogP contribution in [0.4, 0.5) is 22.7 Å². The molecule has 0 bridgehead atoms. The first-order chi connectivity index (χ1) is 19.1. The van der Waals surface area contributed by atoms with Gasteiger partial charge in [0.2, 0.25) is 5.78 Å². The summed E-state index contributed by atoms with van der Waals surface area (Å²) in [6.07, 6.45) is 14.5. The molecule has 0 aliphatic heterocycles. The Bertz CT molecular complexity index is 1100. The van der Waals surface area contributed by atoms with Crippen molar-refractivity contribution in [2.24, 2.45) is 4.99 Å². The quantitative estimate of drug-likeness (QED) is 0.116. The number of rotatable bonds is 18. The lowest BCUT2D eigenvalue weighted by atomic mass is 9.95. The fourth-order valence-corrected chi connectivity index (χ4v) is 4.52. The van der Waals surface area contributed by atoms with Crippen molar-refractivity contribution < 1.29 is 9.90 Å². The molecular formula is C33H46N4O2. The number of hydrogen-bond acceptors (Lipinski definition) is 6. The molecule has 0 fully saturated rings. The van der Waals surface area contributed by atoms with Crippen LogP contribution in [0.1, 0.15) is 78.1 Å². The van der Waals surface area contributed by atoms with Gasteiger partial charge in [-0.15, -0.1) is 0 Å². The van der Waals surface area contributed by atoms with E-state index in [9.17, 15) is 4.79 Å². The van der Waals surface area contributed by atoms with Crippen LogP contribution in [0.25, 0.3) is 0 Å². The summed E-state index contributed by atoms with van der Waals surface area (Å²) >= 11 is 0. The summed E-state index contributed by atoms with van der Waals surface area (Å²) in [5.41, 5.74) is 6.01. The lowest BCUT2D eigenvalue weighted by Gasteiger charge is -2.16. The molecule has 0 saturated heterocycles. The maximum Gasteiger partial charge on any atom is 0.207 e. The third-order valence-electron chi connectivity index (χ3n) is 6.73. The second-order valence-electron chi connectivity index (χ2n) is 10.1. The van der Waals surface area contributed by atoms with Gasteiger partial charge < -0.3 is 21.1 Å². The molecule has 1 aliphatic carbocycles. The molecular weight excluding hydrogens is 484 g/mol. The van der Waals surface area contributed by atoms with Crippen molar-refractivity contribution in [1.29, 1.82) is 0 Å². The van der Waals surface area contributed by atoms with Gasteiger partial charge in [-0.25, -0.2) is 4.99 Å². The summed E-state index contributed by atoms with van der Waals surface area (Å²) in [5, 5.41) is 19.3. The number of anilines is 3. The van der Waals surface area contributed by atoms with Crippen molar-refractivity contribution in [2.45, 2.75) is 78.1 Å². The first kappa shape index (κ1) is 30.2. The molecule has 210 valence electrons. The monoisotopic (exact) mass is 530 g/mol. The largest absolute Gasteiger partial charge is 0.396 e. The zero-order chi connectivity index (χ0) is 27.7. The summed E-state index contributed by atoms with van der Waals surface area (Å²) in [7, 11) is 0. The first-order valence-corrected chi connectivity index (χ1v) is 14.7. The van der Waals surface area contributed by atoms with E-state index in [1.165, 1.54) is 25.7 Å². The molecule has 0 aromatic heterocycles. The van der Waals surface area contributed by atoms with E-state index in [0.717, 1.165) is 85.6 Å². The van der Waals surface area contributed by atoms with Crippen molar-refractivity contribution >= 4 is 34.2 Å². The zero-order valence-corrected chi connectivity index (χ0v) is 23.8. The molecule has 2 aromatic rings. The molecule has 0 saturated carbocycles. The number of benzene rings is 2. The van der Waals surface area contributed by atoms with Crippen LogP contribution in [-0.2, 0) is 4.79 Å². The van der Waals surface area contributed by atoms with Crippen LogP contribution < -0.4 is 16.0 Å². The molecule has 0 atom stereocenters. The van der Waals surface area contributed by atoms with Crippen LogP contribution in [0.2, 0.25) is 0 Å². The fourth-order valence-electron chi connectivity index (χ4n) is 4.52. The maximum absolute atomic E-state index is 13.1. The Labute approximate surface area is 234 Å². The fraction of sp³-hybridized carbons (Fsp3) is 0.455. The highest BCUT2D eigenvalue weighted by atomic mass is 16.2. The summed E-state index contributed by atoms with van der Waals surface area (Å²) in [4.78, 5) is 17.9. The average molecular weight is 531 g/mol. The number of aliphatic imine (C=N–C) groups is 1. The van der Waals surface area contributed by atoms with E-state index in [0.29, 0.717) is 5.71 Å². The molecule has 0 amide bonds. The molecule has 6 heteroatoms. The number of nitrogens with zero attached hydrogens (tertiary/aromatic N) is 1. The summed E-state index contributed by atoms with van der Waals surface area (Å²) < 4.78 is 0. The van der Waals surface area contributed by atoms with Gasteiger partial charge in [-0.3, -0.25) is 4.79 Å². The Morgan fingerprint density at radius 3 is 1.90 bits per heavy atom. The SMILES string of the molecule is CCCCCCNc1ccc(N=C2C=C(Nc3ccc(NCCCCCCO)cc3)C=C(CCC)C2=O)cc1.